The van der Waals surface area contributed by atoms with Gasteiger partial charge in [0, 0.05) is 19.6 Å². The minimum atomic E-state index is 0.224. The molecule has 1 aromatic rings. The van der Waals surface area contributed by atoms with E-state index in [0.29, 0.717) is 13.0 Å². The summed E-state index contributed by atoms with van der Waals surface area (Å²) in [5.41, 5.74) is 8.10. The molecule has 0 aliphatic carbocycles. The zero-order chi connectivity index (χ0) is 13.2. The van der Waals surface area contributed by atoms with Crippen molar-refractivity contribution in [2.75, 3.05) is 13.1 Å². The smallest absolute Gasteiger partial charge is 0.227 e. The number of benzene rings is 1. The fraction of sp³-hybridized carbons (Fsp3) is 0.533. The third kappa shape index (κ3) is 2.91. The SMILES string of the molecule is CC1(C)CCN(C(=O)Cc2ccccc2CN)C1. The van der Waals surface area contributed by atoms with Crippen LogP contribution in [0.15, 0.2) is 24.3 Å². The number of nitrogens with two attached hydrogens (primary N) is 1. The Kier molecular flexibility index (Phi) is 3.71. The second-order valence-electron chi connectivity index (χ2n) is 5.88. The van der Waals surface area contributed by atoms with E-state index in [2.05, 4.69) is 13.8 Å². The second kappa shape index (κ2) is 5.11. The summed E-state index contributed by atoms with van der Waals surface area (Å²) in [4.78, 5) is 14.2. The van der Waals surface area contributed by atoms with Gasteiger partial charge in [-0.3, -0.25) is 4.79 Å². The molecule has 1 heterocycles. The molecule has 0 radical (unpaired) electrons. The molecule has 3 nitrogen and oxygen atoms in total. The molecule has 2 N–H and O–H groups in total. The van der Waals surface area contributed by atoms with E-state index in [1.165, 1.54) is 0 Å². The molecule has 0 bridgehead atoms. The van der Waals surface area contributed by atoms with Crippen molar-refractivity contribution in [3.63, 3.8) is 0 Å². The van der Waals surface area contributed by atoms with Gasteiger partial charge in [0.05, 0.1) is 6.42 Å². The Morgan fingerprint density at radius 1 is 1.33 bits per heavy atom. The van der Waals surface area contributed by atoms with E-state index in [9.17, 15) is 4.79 Å². The maximum atomic E-state index is 12.3. The lowest BCUT2D eigenvalue weighted by molar-refractivity contribution is -0.129. The molecule has 1 fully saturated rings. The third-order valence-corrected chi connectivity index (χ3v) is 3.71. The van der Waals surface area contributed by atoms with Gasteiger partial charge in [0.25, 0.3) is 0 Å². The largest absolute Gasteiger partial charge is 0.342 e. The van der Waals surface area contributed by atoms with Crippen LogP contribution in [0.3, 0.4) is 0 Å². The van der Waals surface area contributed by atoms with Gasteiger partial charge in [-0.2, -0.15) is 0 Å². The number of hydrogen-bond donors (Lipinski definition) is 1. The molecule has 1 aliphatic heterocycles. The average Bonchev–Trinajstić information content (AvgIpc) is 2.70. The number of carbonyl (C=O) groups excluding carboxylic acids is 1. The van der Waals surface area contributed by atoms with Gasteiger partial charge < -0.3 is 10.6 Å². The van der Waals surface area contributed by atoms with Gasteiger partial charge in [-0.1, -0.05) is 38.1 Å². The predicted molar refractivity (Wildman–Crippen MR) is 73.0 cm³/mol. The van der Waals surface area contributed by atoms with Crippen molar-refractivity contribution in [1.29, 1.82) is 0 Å². The van der Waals surface area contributed by atoms with Gasteiger partial charge in [-0.05, 0) is 23.0 Å². The van der Waals surface area contributed by atoms with Gasteiger partial charge in [-0.15, -0.1) is 0 Å². The topological polar surface area (TPSA) is 46.3 Å². The number of likely N-dealkylation sites (tertiary alicyclic amines) is 1. The Bertz CT molecular complexity index is 440. The zero-order valence-corrected chi connectivity index (χ0v) is 11.3. The molecule has 0 unspecified atom stereocenters. The molecular weight excluding hydrogens is 224 g/mol. The Morgan fingerprint density at radius 2 is 2.00 bits per heavy atom. The fourth-order valence-electron chi connectivity index (χ4n) is 2.53. The van der Waals surface area contributed by atoms with Gasteiger partial charge in [0.2, 0.25) is 5.91 Å². The summed E-state index contributed by atoms with van der Waals surface area (Å²) >= 11 is 0. The summed E-state index contributed by atoms with van der Waals surface area (Å²) in [7, 11) is 0. The minimum Gasteiger partial charge on any atom is -0.342 e. The first kappa shape index (κ1) is 13.1. The number of rotatable bonds is 3. The first-order chi connectivity index (χ1) is 8.52. The fourth-order valence-corrected chi connectivity index (χ4v) is 2.53. The number of nitrogens with zero attached hydrogens (tertiary/aromatic N) is 1. The molecule has 1 saturated heterocycles. The first-order valence-electron chi connectivity index (χ1n) is 6.56. The third-order valence-electron chi connectivity index (χ3n) is 3.71. The van der Waals surface area contributed by atoms with Crippen molar-refractivity contribution >= 4 is 5.91 Å². The lowest BCUT2D eigenvalue weighted by Crippen LogP contribution is -2.31. The molecule has 2 rings (SSSR count). The van der Waals surface area contributed by atoms with Crippen molar-refractivity contribution in [2.24, 2.45) is 11.1 Å². The molecule has 0 aromatic heterocycles. The predicted octanol–water partition coefficient (Wildman–Crippen LogP) is 1.95. The number of amides is 1. The van der Waals surface area contributed by atoms with Gasteiger partial charge in [0.15, 0.2) is 0 Å². The van der Waals surface area contributed by atoms with E-state index in [0.717, 1.165) is 30.6 Å². The van der Waals surface area contributed by atoms with Crippen LogP contribution in [-0.4, -0.2) is 23.9 Å². The molecule has 98 valence electrons. The zero-order valence-electron chi connectivity index (χ0n) is 11.3. The number of hydrogen-bond acceptors (Lipinski definition) is 2. The standard InChI is InChI=1S/C15H22N2O/c1-15(2)7-8-17(11-15)14(18)9-12-5-3-4-6-13(12)10-16/h3-6H,7-11,16H2,1-2H3. The van der Waals surface area contributed by atoms with Crippen LogP contribution in [0.1, 0.15) is 31.4 Å². The van der Waals surface area contributed by atoms with Crippen LogP contribution in [0.4, 0.5) is 0 Å². The van der Waals surface area contributed by atoms with Crippen LogP contribution in [0.25, 0.3) is 0 Å². The Labute approximate surface area is 109 Å². The van der Waals surface area contributed by atoms with Crippen molar-refractivity contribution in [2.45, 2.75) is 33.2 Å². The molecule has 3 heteroatoms. The second-order valence-corrected chi connectivity index (χ2v) is 5.88. The highest BCUT2D eigenvalue weighted by Crippen LogP contribution is 2.29. The molecule has 0 spiro atoms. The van der Waals surface area contributed by atoms with E-state index < -0.39 is 0 Å². The Hall–Kier alpha value is -1.35. The van der Waals surface area contributed by atoms with E-state index in [1.807, 2.05) is 29.2 Å². The van der Waals surface area contributed by atoms with Crippen molar-refractivity contribution in [3.8, 4) is 0 Å². The quantitative estimate of drug-likeness (QED) is 0.886. The Balaban J connectivity index is 2.04. The normalized spacial score (nSPS) is 18.1. The summed E-state index contributed by atoms with van der Waals surface area (Å²) in [6.07, 6.45) is 1.57. The summed E-state index contributed by atoms with van der Waals surface area (Å²) in [6, 6.07) is 7.93. The molecule has 0 saturated carbocycles. The van der Waals surface area contributed by atoms with Crippen LogP contribution >= 0.6 is 0 Å². The highest BCUT2D eigenvalue weighted by Gasteiger charge is 2.31. The van der Waals surface area contributed by atoms with Crippen LogP contribution in [0, 0.1) is 5.41 Å². The molecule has 1 amide bonds. The summed E-state index contributed by atoms with van der Waals surface area (Å²) in [5.74, 6) is 0.224. The van der Waals surface area contributed by atoms with Crippen molar-refractivity contribution in [1.82, 2.24) is 4.90 Å². The summed E-state index contributed by atoms with van der Waals surface area (Å²) < 4.78 is 0. The van der Waals surface area contributed by atoms with E-state index in [1.54, 1.807) is 0 Å². The molecule has 18 heavy (non-hydrogen) atoms. The first-order valence-corrected chi connectivity index (χ1v) is 6.56. The van der Waals surface area contributed by atoms with E-state index in [4.69, 9.17) is 5.73 Å². The Morgan fingerprint density at radius 3 is 2.56 bits per heavy atom. The van der Waals surface area contributed by atoms with Crippen LogP contribution in [0.5, 0.6) is 0 Å². The average molecular weight is 246 g/mol. The lowest BCUT2D eigenvalue weighted by Gasteiger charge is -2.20. The van der Waals surface area contributed by atoms with Crippen LogP contribution < -0.4 is 5.73 Å². The summed E-state index contributed by atoms with van der Waals surface area (Å²) in [6.45, 7) is 6.68. The van der Waals surface area contributed by atoms with Gasteiger partial charge in [-0.25, -0.2) is 0 Å². The van der Waals surface area contributed by atoms with Crippen LogP contribution in [-0.2, 0) is 17.8 Å². The van der Waals surface area contributed by atoms with Crippen molar-refractivity contribution < 1.29 is 4.79 Å². The van der Waals surface area contributed by atoms with Gasteiger partial charge >= 0.3 is 0 Å². The minimum absolute atomic E-state index is 0.224. The molecule has 1 aromatic carbocycles. The van der Waals surface area contributed by atoms with Gasteiger partial charge in [0.1, 0.15) is 0 Å². The molecule has 0 atom stereocenters. The monoisotopic (exact) mass is 246 g/mol. The molecule has 1 aliphatic rings. The van der Waals surface area contributed by atoms with E-state index >= 15 is 0 Å². The van der Waals surface area contributed by atoms with Crippen molar-refractivity contribution in [3.05, 3.63) is 35.4 Å². The maximum Gasteiger partial charge on any atom is 0.227 e. The summed E-state index contributed by atoms with van der Waals surface area (Å²) in [5, 5.41) is 0. The lowest BCUT2D eigenvalue weighted by atomic mass is 9.93. The van der Waals surface area contributed by atoms with Crippen LogP contribution in [0.2, 0.25) is 0 Å². The highest BCUT2D eigenvalue weighted by molar-refractivity contribution is 5.79. The highest BCUT2D eigenvalue weighted by atomic mass is 16.2. The molecular formula is C15H22N2O. The maximum absolute atomic E-state index is 12.3. The number of carbonyl (C=O) groups is 1. The van der Waals surface area contributed by atoms with E-state index in [-0.39, 0.29) is 11.3 Å².